The lowest BCUT2D eigenvalue weighted by Gasteiger charge is -2.25. The van der Waals surface area contributed by atoms with E-state index in [-0.39, 0.29) is 45.4 Å². The molecule has 0 amide bonds. The Morgan fingerprint density at radius 3 is 2.44 bits per heavy atom. The van der Waals surface area contributed by atoms with Gasteiger partial charge in [0.05, 0.1) is 23.6 Å². The average molecular weight is 482 g/mol. The van der Waals surface area contributed by atoms with Crippen molar-refractivity contribution < 1.29 is 28.6 Å². The number of carbonyl (C=O) groups is 1. The maximum atomic E-state index is 13.5. The molecule has 1 aliphatic heterocycles. The van der Waals surface area contributed by atoms with E-state index in [2.05, 4.69) is 0 Å². The largest absolute Gasteiger partial charge is 0.508 e. The zero-order valence-corrected chi connectivity index (χ0v) is 18.9. The molecule has 178 valence electrons. The van der Waals surface area contributed by atoms with Crippen LogP contribution in [-0.4, -0.2) is 16.2 Å². The van der Waals surface area contributed by atoms with E-state index >= 15 is 0 Å². The maximum absolute atomic E-state index is 13.5. The summed E-state index contributed by atoms with van der Waals surface area (Å²) in [5.41, 5.74) is 1.64. The molecule has 0 aliphatic carbocycles. The first-order valence-corrected chi connectivity index (χ1v) is 11.2. The van der Waals surface area contributed by atoms with Crippen LogP contribution in [0.3, 0.4) is 0 Å². The molecule has 3 aromatic carbocycles. The molecule has 0 unspecified atom stereocenters. The van der Waals surface area contributed by atoms with Gasteiger partial charge in [0.25, 0.3) is 0 Å². The number of hydrogen-bond acceptors (Lipinski definition) is 8. The fourth-order valence-electron chi connectivity index (χ4n) is 4.74. The standard InChI is InChI=1S/C28H18O8/c1-13-2-7-21-17(8-13)26(32)19(12-34-21)16-9-23(31)36-22-10-20(30)25-27(33)18(11-35-28(25)24(16)22)14-3-5-15(29)6-4-14/h2-8,10-12,16,29-30H,9H2,1H3/t16-/m1/s1. The summed E-state index contributed by atoms with van der Waals surface area (Å²) < 4.78 is 17.0. The molecule has 0 fully saturated rings. The Labute approximate surface area is 202 Å². The van der Waals surface area contributed by atoms with Crippen LogP contribution in [0.2, 0.25) is 0 Å². The lowest BCUT2D eigenvalue weighted by Crippen LogP contribution is -2.25. The van der Waals surface area contributed by atoms with Crippen molar-refractivity contribution in [3.63, 3.8) is 0 Å². The van der Waals surface area contributed by atoms with Gasteiger partial charge in [0.15, 0.2) is 5.43 Å². The molecule has 3 heterocycles. The summed E-state index contributed by atoms with van der Waals surface area (Å²) in [6.07, 6.45) is 2.38. The predicted molar refractivity (Wildman–Crippen MR) is 131 cm³/mol. The molecule has 0 bridgehead atoms. The van der Waals surface area contributed by atoms with Crippen LogP contribution in [0.15, 0.2) is 79.5 Å². The van der Waals surface area contributed by atoms with Crippen molar-refractivity contribution in [1.29, 1.82) is 0 Å². The van der Waals surface area contributed by atoms with Crippen LogP contribution in [0.1, 0.15) is 29.0 Å². The second-order valence-electron chi connectivity index (χ2n) is 8.79. The highest BCUT2D eigenvalue weighted by atomic mass is 16.5. The van der Waals surface area contributed by atoms with Gasteiger partial charge in [-0.15, -0.1) is 0 Å². The number of aromatic hydroxyl groups is 2. The van der Waals surface area contributed by atoms with Gasteiger partial charge in [0.1, 0.15) is 40.1 Å². The van der Waals surface area contributed by atoms with E-state index in [1.54, 1.807) is 24.3 Å². The molecular weight excluding hydrogens is 464 g/mol. The van der Waals surface area contributed by atoms with Gasteiger partial charge in [-0.2, -0.15) is 0 Å². The molecule has 0 saturated carbocycles. The van der Waals surface area contributed by atoms with Gasteiger partial charge < -0.3 is 23.8 Å². The number of rotatable bonds is 2. The Hall–Kier alpha value is -4.85. The minimum absolute atomic E-state index is 0.00511. The highest BCUT2D eigenvalue weighted by Crippen LogP contribution is 2.45. The molecule has 0 spiro atoms. The van der Waals surface area contributed by atoms with Crippen molar-refractivity contribution >= 4 is 27.9 Å². The quantitative estimate of drug-likeness (QED) is 0.273. The molecule has 2 N–H and O–H groups in total. The zero-order chi connectivity index (χ0) is 25.1. The summed E-state index contributed by atoms with van der Waals surface area (Å²) in [4.78, 5) is 39.4. The van der Waals surface area contributed by atoms with Crippen LogP contribution in [0.25, 0.3) is 33.1 Å². The fourth-order valence-corrected chi connectivity index (χ4v) is 4.74. The highest BCUT2D eigenvalue weighted by molar-refractivity contribution is 5.94. The minimum Gasteiger partial charge on any atom is -0.508 e. The monoisotopic (exact) mass is 482 g/mol. The van der Waals surface area contributed by atoms with Crippen LogP contribution in [0.4, 0.5) is 0 Å². The Morgan fingerprint density at radius 1 is 0.889 bits per heavy atom. The minimum atomic E-state index is -0.826. The maximum Gasteiger partial charge on any atom is 0.312 e. The van der Waals surface area contributed by atoms with Crippen molar-refractivity contribution in [1.82, 2.24) is 0 Å². The lowest BCUT2D eigenvalue weighted by molar-refractivity contribution is -0.135. The van der Waals surface area contributed by atoms with Crippen LogP contribution < -0.4 is 15.6 Å². The zero-order valence-electron chi connectivity index (χ0n) is 18.9. The van der Waals surface area contributed by atoms with E-state index in [4.69, 9.17) is 13.6 Å². The average Bonchev–Trinajstić information content (AvgIpc) is 2.85. The highest BCUT2D eigenvalue weighted by Gasteiger charge is 2.35. The summed E-state index contributed by atoms with van der Waals surface area (Å²) in [7, 11) is 0. The molecule has 8 heteroatoms. The molecule has 0 radical (unpaired) electrons. The van der Waals surface area contributed by atoms with Gasteiger partial charge in [-0.3, -0.25) is 14.4 Å². The van der Waals surface area contributed by atoms with Gasteiger partial charge >= 0.3 is 5.97 Å². The van der Waals surface area contributed by atoms with E-state index in [1.807, 2.05) is 13.0 Å². The molecule has 2 aromatic heterocycles. The molecule has 36 heavy (non-hydrogen) atoms. The summed E-state index contributed by atoms with van der Waals surface area (Å²) in [6.45, 7) is 1.86. The number of aryl methyl sites for hydroxylation is 1. The van der Waals surface area contributed by atoms with E-state index in [0.29, 0.717) is 22.1 Å². The number of benzene rings is 3. The third kappa shape index (κ3) is 3.26. The van der Waals surface area contributed by atoms with Crippen LogP contribution >= 0.6 is 0 Å². The molecule has 6 rings (SSSR count). The smallest absolute Gasteiger partial charge is 0.312 e. The van der Waals surface area contributed by atoms with E-state index in [0.717, 1.165) is 5.56 Å². The first-order valence-electron chi connectivity index (χ1n) is 11.2. The Kier molecular flexibility index (Phi) is 4.72. The first-order chi connectivity index (χ1) is 17.3. The van der Waals surface area contributed by atoms with Gasteiger partial charge in [-0.05, 0) is 36.8 Å². The summed E-state index contributed by atoms with van der Waals surface area (Å²) in [6, 6.07) is 12.4. The summed E-state index contributed by atoms with van der Waals surface area (Å²) in [5.74, 6) is -1.81. The topological polar surface area (TPSA) is 127 Å². The van der Waals surface area contributed by atoms with Crippen molar-refractivity contribution in [2.45, 2.75) is 19.3 Å². The van der Waals surface area contributed by atoms with Crippen molar-refractivity contribution in [3.05, 3.63) is 98.2 Å². The first kappa shape index (κ1) is 21.7. The van der Waals surface area contributed by atoms with E-state index < -0.39 is 23.1 Å². The third-order valence-electron chi connectivity index (χ3n) is 6.48. The van der Waals surface area contributed by atoms with Crippen molar-refractivity contribution in [3.8, 4) is 28.4 Å². The second-order valence-corrected chi connectivity index (χ2v) is 8.79. The van der Waals surface area contributed by atoms with E-state index in [9.17, 15) is 24.6 Å². The number of esters is 1. The van der Waals surface area contributed by atoms with Crippen molar-refractivity contribution in [2.75, 3.05) is 0 Å². The number of phenolic OH excluding ortho intramolecular Hbond substituents is 2. The number of carbonyl (C=O) groups excluding carboxylic acids is 1. The predicted octanol–water partition coefficient (Wildman–Crippen LogP) is 4.73. The van der Waals surface area contributed by atoms with E-state index in [1.165, 1.54) is 30.7 Å². The summed E-state index contributed by atoms with van der Waals surface area (Å²) in [5, 5.41) is 20.5. The van der Waals surface area contributed by atoms with Crippen molar-refractivity contribution in [2.24, 2.45) is 0 Å². The molecule has 0 saturated heterocycles. The molecule has 8 nitrogen and oxygen atoms in total. The number of ether oxygens (including phenoxy) is 1. The molecule has 5 aromatic rings. The molecule has 1 atom stereocenters. The number of phenols is 2. The molecular formula is C28H18O8. The van der Waals surface area contributed by atoms with Gasteiger partial charge in [-0.25, -0.2) is 0 Å². The van der Waals surface area contributed by atoms with Gasteiger partial charge in [-0.1, -0.05) is 23.8 Å². The Bertz CT molecular complexity index is 1830. The summed E-state index contributed by atoms with van der Waals surface area (Å²) >= 11 is 0. The molecule has 1 aliphatic rings. The van der Waals surface area contributed by atoms with Crippen LogP contribution in [0, 0.1) is 6.92 Å². The number of hydrogen-bond donors (Lipinski definition) is 2. The number of fused-ring (bicyclic) bond motifs is 4. The third-order valence-corrected chi connectivity index (χ3v) is 6.48. The van der Waals surface area contributed by atoms with Gasteiger partial charge in [0.2, 0.25) is 5.43 Å². The Morgan fingerprint density at radius 2 is 1.67 bits per heavy atom. The van der Waals surface area contributed by atoms with Crippen LogP contribution in [0.5, 0.6) is 17.2 Å². The Balaban J connectivity index is 1.62. The second kappa shape index (κ2) is 7.84. The SMILES string of the molecule is Cc1ccc2occ([C@H]3CC(=O)Oc4cc(O)c5c(=O)c(-c6ccc(O)cc6)coc5c43)c(=O)c2c1. The fraction of sp³-hybridized carbons (Fsp3) is 0.107. The lowest BCUT2D eigenvalue weighted by atomic mass is 9.85. The van der Waals surface area contributed by atoms with Crippen LogP contribution in [-0.2, 0) is 4.79 Å². The van der Waals surface area contributed by atoms with Gasteiger partial charge in [0, 0.05) is 23.1 Å². The normalized spacial score (nSPS) is 15.1.